The Labute approximate surface area is 168 Å². The highest BCUT2D eigenvalue weighted by Crippen LogP contribution is 2.37. The predicted molar refractivity (Wildman–Crippen MR) is 108 cm³/mol. The van der Waals surface area contributed by atoms with Crippen molar-refractivity contribution in [1.82, 2.24) is 4.90 Å². The fourth-order valence-electron chi connectivity index (χ4n) is 2.99. The Balaban J connectivity index is 2.02. The Morgan fingerprint density at radius 3 is 2.73 bits per heavy atom. The van der Waals surface area contributed by atoms with Gasteiger partial charge < -0.3 is 15.3 Å². The number of likely N-dealkylation sites (tertiary alicyclic amines) is 1. The summed E-state index contributed by atoms with van der Waals surface area (Å²) >= 11 is 3.17. The molecule has 8 heteroatoms. The number of ketones is 1. The molecule has 0 saturated carbocycles. The van der Waals surface area contributed by atoms with Crippen molar-refractivity contribution in [2.24, 2.45) is 0 Å². The van der Waals surface area contributed by atoms with Crippen molar-refractivity contribution in [3.63, 3.8) is 0 Å². The van der Waals surface area contributed by atoms with Crippen molar-refractivity contribution in [1.29, 1.82) is 0 Å². The molecule has 2 N–H and O–H groups in total. The average molecular weight is 488 g/mol. The first-order valence-electron chi connectivity index (χ1n) is 8.11. The highest BCUT2D eigenvalue weighted by Gasteiger charge is 2.31. The van der Waals surface area contributed by atoms with Gasteiger partial charge in [-0.25, -0.2) is 4.39 Å². The van der Waals surface area contributed by atoms with E-state index >= 15 is 0 Å². The van der Waals surface area contributed by atoms with Crippen LogP contribution in [0.25, 0.3) is 0 Å². The van der Waals surface area contributed by atoms with Gasteiger partial charge in [0.1, 0.15) is 10.8 Å². The van der Waals surface area contributed by atoms with Crippen LogP contribution in [0.3, 0.4) is 0 Å². The molecule has 0 spiro atoms. The van der Waals surface area contributed by atoms with Gasteiger partial charge in [-0.05, 0) is 66.6 Å². The number of Topliss-reactive ketones (excluding diaryl/α,β-unsaturated/α-hetero) is 1. The average Bonchev–Trinajstić information content (AvgIpc) is 3.13. The van der Waals surface area contributed by atoms with Crippen LogP contribution in [-0.2, 0) is 0 Å². The molecular weight excluding hydrogens is 470 g/mol. The number of hydrogen-bond donors (Lipinski definition) is 2. The van der Waals surface area contributed by atoms with Crippen LogP contribution in [0.5, 0.6) is 0 Å². The molecule has 3 rings (SSSR count). The molecule has 1 aromatic heterocycles. The SMILES string of the molecule is CC(=O)c1sc(Nc2ccc(I)cc2F)c(C(=O)N2CC[C@H](O)C2)c1C. The lowest BCUT2D eigenvalue weighted by Gasteiger charge is -2.17. The largest absolute Gasteiger partial charge is 0.391 e. The van der Waals surface area contributed by atoms with Gasteiger partial charge in [0, 0.05) is 16.7 Å². The van der Waals surface area contributed by atoms with Crippen molar-refractivity contribution in [3.05, 3.63) is 43.6 Å². The molecule has 0 radical (unpaired) electrons. The maximum atomic E-state index is 14.2. The number of β-amino-alcohol motifs (C(OH)–C–C–N with tert-alkyl or cyclic N) is 1. The van der Waals surface area contributed by atoms with Gasteiger partial charge >= 0.3 is 0 Å². The zero-order chi connectivity index (χ0) is 19.0. The van der Waals surface area contributed by atoms with Crippen LogP contribution in [0.4, 0.5) is 15.1 Å². The van der Waals surface area contributed by atoms with Gasteiger partial charge in [-0.2, -0.15) is 0 Å². The molecule has 1 fully saturated rings. The van der Waals surface area contributed by atoms with Crippen molar-refractivity contribution >= 4 is 56.3 Å². The van der Waals surface area contributed by atoms with Crippen LogP contribution < -0.4 is 5.32 Å². The van der Waals surface area contributed by atoms with E-state index in [0.717, 1.165) is 14.9 Å². The maximum Gasteiger partial charge on any atom is 0.257 e. The number of benzene rings is 1. The molecule has 1 amide bonds. The zero-order valence-corrected chi connectivity index (χ0v) is 17.3. The molecule has 0 bridgehead atoms. The van der Waals surface area contributed by atoms with Crippen molar-refractivity contribution in [2.45, 2.75) is 26.4 Å². The minimum absolute atomic E-state index is 0.140. The summed E-state index contributed by atoms with van der Waals surface area (Å²) in [4.78, 5) is 27.0. The minimum Gasteiger partial charge on any atom is -0.391 e. The normalized spacial score (nSPS) is 16.8. The third-order valence-corrected chi connectivity index (χ3v) is 6.29. The van der Waals surface area contributed by atoms with Crippen LogP contribution in [-0.4, -0.2) is 40.9 Å². The molecule has 1 aromatic carbocycles. The van der Waals surface area contributed by atoms with E-state index in [1.807, 2.05) is 22.6 Å². The number of halogens is 2. The summed E-state index contributed by atoms with van der Waals surface area (Å²) in [7, 11) is 0. The van der Waals surface area contributed by atoms with Gasteiger partial charge in [0.15, 0.2) is 5.78 Å². The number of aliphatic hydroxyl groups excluding tert-OH is 1. The van der Waals surface area contributed by atoms with E-state index in [1.165, 1.54) is 13.0 Å². The fourth-order valence-corrected chi connectivity index (χ4v) is 4.55. The summed E-state index contributed by atoms with van der Waals surface area (Å²) in [5.41, 5.74) is 1.20. The highest BCUT2D eigenvalue weighted by atomic mass is 127. The third kappa shape index (κ3) is 3.77. The van der Waals surface area contributed by atoms with Crippen LogP contribution >= 0.6 is 33.9 Å². The lowest BCUT2D eigenvalue weighted by Crippen LogP contribution is -2.30. The second-order valence-corrected chi connectivity index (χ2v) is 8.53. The third-order valence-electron chi connectivity index (χ3n) is 4.31. The molecule has 2 aromatic rings. The summed E-state index contributed by atoms with van der Waals surface area (Å²) < 4.78 is 15.0. The van der Waals surface area contributed by atoms with E-state index in [1.54, 1.807) is 24.0 Å². The Bertz CT molecular complexity index is 884. The number of carbonyl (C=O) groups is 2. The summed E-state index contributed by atoms with van der Waals surface area (Å²) in [5.74, 6) is -0.822. The van der Waals surface area contributed by atoms with Crippen molar-refractivity contribution < 1.29 is 19.1 Å². The lowest BCUT2D eigenvalue weighted by molar-refractivity contribution is 0.0765. The second kappa shape index (κ2) is 7.61. The number of carbonyl (C=O) groups excluding carboxylic acids is 2. The van der Waals surface area contributed by atoms with Crippen molar-refractivity contribution in [3.8, 4) is 0 Å². The number of rotatable bonds is 4. The number of aliphatic hydroxyl groups is 1. The molecule has 1 atom stereocenters. The monoisotopic (exact) mass is 488 g/mol. The predicted octanol–water partition coefficient (Wildman–Crippen LogP) is 3.95. The van der Waals surface area contributed by atoms with E-state index in [0.29, 0.717) is 34.0 Å². The molecule has 26 heavy (non-hydrogen) atoms. The number of hydrogen-bond acceptors (Lipinski definition) is 5. The molecule has 0 unspecified atom stereocenters. The number of anilines is 2. The van der Waals surface area contributed by atoms with Gasteiger partial charge in [-0.15, -0.1) is 11.3 Å². The van der Waals surface area contributed by atoms with E-state index in [-0.39, 0.29) is 23.9 Å². The van der Waals surface area contributed by atoms with Gasteiger partial charge in [0.05, 0.1) is 22.2 Å². The van der Waals surface area contributed by atoms with Gasteiger partial charge in [0.2, 0.25) is 0 Å². The summed E-state index contributed by atoms with van der Waals surface area (Å²) in [5, 5.41) is 13.1. The first kappa shape index (κ1) is 19.2. The topological polar surface area (TPSA) is 69.6 Å². The van der Waals surface area contributed by atoms with Crippen LogP contribution in [0.15, 0.2) is 18.2 Å². The molecule has 0 aliphatic carbocycles. The van der Waals surface area contributed by atoms with E-state index in [4.69, 9.17) is 0 Å². The molecule has 138 valence electrons. The first-order chi connectivity index (χ1) is 12.3. The number of amides is 1. The van der Waals surface area contributed by atoms with Gasteiger partial charge in [0.25, 0.3) is 5.91 Å². The number of thiophene rings is 1. The van der Waals surface area contributed by atoms with E-state index in [2.05, 4.69) is 5.32 Å². The van der Waals surface area contributed by atoms with Crippen molar-refractivity contribution in [2.75, 3.05) is 18.4 Å². The van der Waals surface area contributed by atoms with Crippen LogP contribution in [0.1, 0.15) is 38.9 Å². The standard InChI is InChI=1S/C18H18FIN2O3S/c1-9-15(18(25)22-6-5-12(24)8-22)17(26-16(9)10(2)23)21-14-4-3-11(20)7-13(14)19/h3-4,7,12,21,24H,5-6,8H2,1-2H3/t12-/m0/s1. The summed E-state index contributed by atoms with van der Waals surface area (Å²) in [6, 6.07) is 4.76. The Morgan fingerprint density at radius 1 is 1.42 bits per heavy atom. The molecule has 1 saturated heterocycles. The fraction of sp³-hybridized carbons (Fsp3) is 0.333. The van der Waals surface area contributed by atoms with Crippen LogP contribution in [0, 0.1) is 16.3 Å². The minimum atomic E-state index is -0.532. The quantitative estimate of drug-likeness (QED) is 0.505. The van der Waals surface area contributed by atoms with Gasteiger partial charge in [-0.3, -0.25) is 9.59 Å². The van der Waals surface area contributed by atoms with E-state index < -0.39 is 11.9 Å². The first-order valence-corrected chi connectivity index (χ1v) is 10.0. The Morgan fingerprint density at radius 2 is 2.15 bits per heavy atom. The molecule has 1 aliphatic rings. The summed E-state index contributed by atoms with van der Waals surface area (Å²) in [6.45, 7) is 3.90. The number of nitrogens with one attached hydrogen (secondary N) is 1. The maximum absolute atomic E-state index is 14.2. The van der Waals surface area contributed by atoms with Crippen LogP contribution in [0.2, 0.25) is 0 Å². The lowest BCUT2D eigenvalue weighted by atomic mass is 10.1. The molecule has 5 nitrogen and oxygen atoms in total. The Kier molecular flexibility index (Phi) is 5.64. The Hall–Kier alpha value is -1.52. The highest BCUT2D eigenvalue weighted by molar-refractivity contribution is 14.1. The zero-order valence-electron chi connectivity index (χ0n) is 14.3. The second-order valence-electron chi connectivity index (χ2n) is 6.26. The molecular formula is C18H18FIN2O3S. The molecule has 2 heterocycles. The van der Waals surface area contributed by atoms with Gasteiger partial charge in [-0.1, -0.05) is 0 Å². The summed E-state index contributed by atoms with van der Waals surface area (Å²) in [6.07, 6.45) is -0.00145. The number of nitrogens with zero attached hydrogens (tertiary/aromatic N) is 1. The smallest absolute Gasteiger partial charge is 0.257 e. The van der Waals surface area contributed by atoms with E-state index in [9.17, 15) is 19.1 Å². The molecule has 1 aliphatic heterocycles.